The summed E-state index contributed by atoms with van der Waals surface area (Å²) in [6.45, 7) is 4.52. The molecule has 1 aromatic heterocycles. The minimum absolute atomic E-state index is 0.108. The van der Waals surface area contributed by atoms with Crippen LogP contribution in [0.3, 0.4) is 0 Å². The van der Waals surface area contributed by atoms with Crippen LogP contribution in [0.5, 0.6) is 0 Å². The van der Waals surface area contributed by atoms with E-state index in [4.69, 9.17) is 9.15 Å². The first-order valence-electron chi connectivity index (χ1n) is 6.56. The fourth-order valence-electron chi connectivity index (χ4n) is 2.61. The zero-order valence-electron chi connectivity index (χ0n) is 10.6. The molecule has 1 fully saturated rings. The molecule has 0 saturated carbocycles. The number of hydrogen-bond acceptors (Lipinski definition) is 4. The van der Waals surface area contributed by atoms with Crippen LogP contribution in [0.25, 0.3) is 0 Å². The van der Waals surface area contributed by atoms with Crippen molar-refractivity contribution in [2.24, 2.45) is 0 Å². The first-order chi connectivity index (χ1) is 8.74. The number of hydrogen-bond donors (Lipinski definition) is 0. The van der Waals surface area contributed by atoms with Gasteiger partial charge in [-0.05, 0) is 12.8 Å². The molecule has 0 spiro atoms. The van der Waals surface area contributed by atoms with E-state index in [1.54, 1.807) is 6.92 Å². The molecule has 3 heterocycles. The van der Waals surface area contributed by atoms with Crippen LogP contribution >= 0.6 is 0 Å². The van der Waals surface area contributed by atoms with E-state index in [1.807, 2.05) is 4.90 Å². The van der Waals surface area contributed by atoms with Crippen LogP contribution in [0.2, 0.25) is 0 Å². The van der Waals surface area contributed by atoms with E-state index in [0.717, 1.165) is 56.4 Å². The summed E-state index contributed by atoms with van der Waals surface area (Å²) in [5.41, 5.74) is 0.943. The fourth-order valence-corrected chi connectivity index (χ4v) is 2.61. The molecule has 1 aromatic rings. The topological polar surface area (TPSA) is 55.6 Å². The van der Waals surface area contributed by atoms with Crippen LogP contribution in [0, 0.1) is 0 Å². The predicted octanol–water partition coefficient (Wildman–Crippen LogP) is 1.47. The Balaban J connectivity index is 1.78. The third-order valence-corrected chi connectivity index (χ3v) is 3.76. The molecule has 0 atom stereocenters. The summed E-state index contributed by atoms with van der Waals surface area (Å²) in [6, 6.07) is 0. The molecular weight excluding hydrogens is 232 g/mol. The quantitative estimate of drug-likeness (QED) is 0.757. The maximum atomic E-state index is 11.4. The van der Waals surface area contributed by atoms with Crippen LogP contribution in [0.1, 0.15) is 43.0 Å². The van der Waals surface area contributed by atoms with Gasteiger partial charge in [0.1, 0.15) is 11.5 Å². The van der Waals surface area contributed by atoms with Crippen molar-refractivity contribution in [3.63, 3.8) is 0 Å². The largest absolute Gasteiger partial charge is 0.445 e. The van der Waals surface area contributed by atoms with Crippen LogP contribution in [-0.4, -0.2) is 35.5 Å². The van der Waals surface area contributed by atoms with Gasteiger partial charge in [-0.25, -0.2) is 4.98 Å². The van der Waals surface area contributed by atoms with Crippen molar-refractivity contribution in [1.29, 1.82) is 0 Å². The highest BCUT2D eigenvalue weighted by atomic mass is 16.5. The standard InChI is InChI=1S/C13H18N2O3/c1-9(16)15-5-2-12-11(8-15)14-13(18-12)10-3-6-17-7-4-10/h10H,2-8H2,1H3. The molecule has 0 N–H and O–H groups in total. The number of fused-ring (bicyclic) bond motifs is 1. The van der Waals surface area contributed by atoms with Gasteiger partial charge in [0.2, 0.25) is 5.91 Å². The van der Waals surface area contributed by atoms with E-state index in [-0.39, 0.29) is 5.91 Å². The average molecular weight is 250 g/mol. The van der Waals surface area contributed by atoms with Crippen molar-refractivity contribution in [3.05, 3.63) is 17.3 Å². The lowest BCUT2D eigenvalue weighted by Crippen LogP contribution is -2.33. The second-order valence-electron chi connectivity index (χ2n) is 5.00. The lowest BCUT2D eigenvalue weighted by molar-refractivity contribution is -0.129. The molecular formula is C13H18N2O3. The van der Waals surface area contributed by atoms with E-state index < -0.39 is 0 Å². The molecule has 0 aromatic carbocycles. The normalized spacial score (nSPS) is 20.8. The van der Waals surface area contributed by atoms with Gasteiger partial charge in [-0.1, -0.05) is 0 Å². The van der Waals surface area contributed by atoms with Gasteiger partial charge in [-0.3, -0.25) is 4.79 Å². The van der Waals surface area contributed by atoms with Gasteiger partial charge < -0.3 is 14.1 Å². The van der Waals surface area contributed by atoms with Gasteiger partial charge in [0.15, 0.2) is 5.89 Å². The second-order valence-corrected chi connectivity index (χ2v) is 5.00. The van der Waals surface area contributed by atoms with Crippen LogP contribution < -0.4 is 0 Å². The smallest absolute Gasteiger partial charge is 0.219 e. The number of ether oxygens (including phenoxy) is 1. The average Bonchev–Trinajstić information content (AvgIpc) is 2.82. The number of oxazole rings is 1. The number of aromatic nitrogens is 1. The maximum absolute atomic E-state index is 11.4. The third-order valence-electron chi connectivity index (χ3n) is 3.76. The molecule has 0 unspecified atom stereocenters. The summed E-state index contributed by atoms with van der Waals surface area (Å²) in [6.07, 6.45) is 2.75. The fraction of sp³-hybridized carbons (Fsp3) is 0.692. The number of nitrogens with zero attached hydrogens (tertiary/aromatic N) is 2. The molecule has 2 aliphatic heterocycles. The molecule has 3 rings (SSSR count). The molecule has 5 heteroatoms. The number of rotatable bonds is 1. The van der Waals surface area contributed by atoms with Crippen molar-refractivity contribution < 1.29 is 13.9 Å². The third kappa shape index (κ3) is 2.14. The van der Waals surface area contributed by atoms with E-state index in [1.165, 1.54) is 0 Å². The lowest BCUT2D eigenvalue weighted by Gasteiger charge is -2.23. The first kappa shape index (κ1) is 11.7. The Bertz CT molecular complexity index is 449. The van der Waals surface area contributed by atoms with Crippen LogP contribution in [-0.2, 0) is 22.5 Å². The van der Waals surface area contributed by atoms with Crippen LogP contribution in [0.4, 0.5) is 0 Å². The van der Waals surface area contributed by atoms with Crippen molar-refractivity contribution in [2.45, 2.75) is 38.6 Å². The summed E-state index contributed by atoms with van der Waals surface area (Å²) < 4.78 is 11.2. The van der Waals surface area contributed by atoms with Gasteiger partial charge >= 0.3 is 0 Å². The first-order valence-corrected chi connectivity index (χ1v) is 6.56. The van der Waals surface area contributed by atoms with Crippen molar-refractivity contribution in [3.8, 4) is 0 Å². The van der Waals surface area contributed by atoms with Crippen molar-refractivity contribution in [1.82, 2.24) is 9.88 Å². The number of amides is 1. The number of carbonyl (C=O) groups is 1. The predicted molar refractivity (Wildman–Crippen MR) is 64.1 cm³/mol. The molecule has 1 amide bonds. The number of carbonyl (C=O) groups excluding carboxylic acids is 1. The minimum Gasteiger partial charge on any atom is -0.445 e. The zero-order chi connectivity index (χ0) is 12.5. The summed E-state index contributed by atoms with van der Waals surface area (Å²) in [5.74, 6) is 2.30. The second kappa shape index (κ2) is 4.72. The van der Waals surface area contributed by atoms with E-state index >= 15 is 0 Å². The molecule has 1 saturated heterocycles. The maximum Gasteiger partial charge on any atom is 0.219 e. The van der Waals surface area contributed by atoms with E-state index in [9.17, 15) is 4.79 Å². The molecule has 0 radical (unpaired) electrons. The highest BCUT2D eigenvalue weighted by Crippen LogP contribution is 2.29. The summed E-state index contributed by atoms with van der Waals surface area (Å²) in [4.78, 5) is 17.8. The van der Waals surface area contributed by atoms with E-state index in [0.29, 0.717) is 12.5 Å². The Labute approximate surface area is 106 Å². The molecule has 0 aliphatic carbocycles. The monoisotopic (exact) mass is 250 g/mol. The Morgan fingerprint density at radius 3 is 2.89 bits per heavy atom. The Morgan fingerprint density at radius 2 is 2.17 bits per heavy atom. The van der Waals surface area contributed by atoms with Crippen LogP contribution in [0.15, 0.2) is 4.42 Å². The van der Waals surface area contributed by atoms with Gasteiger partial charge in [-0.15, -0.1) is 0 Å². The SMILES string of the molecule is CC(=O)N1CCc2oc(C3CCOCC3)nc2C1. The Hall–Kier alpha value is -1.36. The van der Waals surface area contributed by atoms with Gasteiger partial charge in [-0.2, -0.15) is 0 Å². The van der Waals surface area contributed by atoms with Crippen molar-refractivity contribution >= 4 is 5.91 Å². The van der Waals surface area contributed by atoms with Gasteiger partial charge in [0.25, 0.3) is 0 Å². The summed E-state index contributed by atoms with van der Waals surface area (Å²) in [5, 5.41) is 0. The molecule has 2 aliphatic rings. The van der Waals surface area contributed by atoms with Gasteiger partial charge in [0.05, 0.1) is 6.54 Å². The molecule has 98 valence electrons. The minimum atomic E-state index is 0.108. The van der Waals surface area contributed by atoms with Crippen molar-refractivity contribution in [2.75, 3.05) is 19.8 Å². The summed E-state index contributed by atoms with van der Waals surface area (Å²) >= 11 is 0. The van der Waals surface area contributed by atoms with Gasteiger partial charge in [0, 0.05) is 39.0 Å². The Morgan fingerprint density at radius 1 is 1.39 bits per heavy atom. The molecule has 0 bridgehead atoms. The van der Waals surface area contributed by atoms with E-state index in [2.05, 4.69) is 4.98 Å². The highest BCUT2D eigenvalue weighted by molar-refractivity contribution is 5.73. The molecule has 5 nitrogen and oxygen atoms in total. The zero-order valence-corrected chi connectivity index (χ0v) is 10.6. The lowest BCUT2D eigenvalue weighted by atomic mass is 10.0. The molecule has 18 heavy (non-hydrogen) atoms. The highest BCUT2D eigenvalue weighted by Gasteiger charge is 2.27. The summed E-state index contributed by atoms with van der Waals surface area (Å²) in [7, 11) is 0. The Kier molecular flexibility index (Phi) is 3.07.